The summed E-state index contributed by atoms with van der Waals surface area (Å²) in [6.07, 6.45) is 5.59. The minimum atomic E-state index is 0.769. The molecule has 0 bridgehead atoms. The first-order chi connectivity index (χ1) is 4.83. The van der Waals surface area contributed by atoms with Crippen molar-refractivity contribution in [2.75, 3.05) is 6.54 Å². The lowest BCUT2D eigenvalue weighted by molar-refractivity contribution is 0.299. The van der Waals surface area contributed by atoms with E-state index in [1.807, 2.05) is 0 Å². The van der Waals surface area contributed by atoms with Crippen molar-refractivity contribution in [2.24, 2.45) is 5.92 Å². The fraction of sp³-hybridized carbons (Fsp3) is 1.00. The van der Waals surface area contributed by atoms with Crippen LogP contribution in [-0.4, -0.2) is 12.6 Å². The van der Waals surface area contributed by atoms with Gasteiger partial charge in [0.05, 0.1) is 0 Å². The summed E-state index contributed by atoms with van der Waals surface area (Å²) < 4.78 is 0. The summed E-state index contributed by atoms with van der Waals surface area (Å²) in [6.45, 7) is 5.82. The normalized spacial score (nSPS) is 34.2. The summed E-state index contributed by atoms with van der Waals surface area (Å²) in [6, 6.07) is 0.769. The third kappa shape index (κ3) is 2.30. The summed E-state index contributed by atoms with van der Waals surface area (Å²) in [7, 11) is 0. The van der Waals surface area contributed by atoms with Crippen LogP contribution in [0.25, 0.3) is 0 Å². The van der Waals surface area contributed by atoms with Gasteiger partial charge < -0.3 is 5.32 Å². The molecule has 0 unspecified atom stereocenters. The van der Waals surface area contributed by atoms with Gasteiger partial charge in [0.1, 0.15) is 0 Å². The molecular formula is C9H19N. The van der Waals surface area contributed by atoms with Crippen LogP contribution in [0.3, 0.4) is 0 Å². The van der Waals surface area contributed by atoms with Gasteiger partial charge in [-0.2, -0.15) is 0 Å². The third-order valence-electron chi connectivity index (χ3n) is 2.43. The minimum absolute atomic E-state index is 0.769. The minimum Gasteiger partial charge on any atom is -0.314 e. The van der Waals surface area contributed by atoms with Crippen LogP contribution < -0.4 is 5.32 Å². The second-order valence-corrected chi connectivity index (χ2v) is 3.53. The van der Waals surface area contributed by atoms with Crippen molar-refractivity contribution in [1.82, 2.24) is 5.32 Å². The highest BCUT2D eigenvalue weighted by molar-refractivity contribution is 4.74. The highest BCUT2D eigenvalue weighted by Crippen LogP contribution is 2.20. The van der Waals surface area contributed by atoms with Crippen molar-refractivity contribution >= 4 is 0 Å². The maximum Gasteiger partial charge on any atom is 0.00413 e. The van der Waals surface area contributed by atoms with Crippen molar-refractivity contribution in [2.45, 2.75) is 45.6 Å². The zero-order valence-electron chi connectivity index (χ0n) is 7.19. The molecule has 0 amide bonds. The molecule has 60 valence electrons. The van der Waals surface area contributed by atoms with Crippen LogP contribution in [0.1, 0.15) is 39.5 Å². The Morgan fingerprint density at radius 3 is 2.90 bits per heavy atom. The highest BCUT2D eigenvalue weighted by Gasteiger charge is 2.16. The summed E-state index contributed by atoms with van der Waals surface area (Å²) in [5, 5.41) is 3.47. The summed E-state index contributed by atoms with van der Waals surface area (Å²) in [5.74, 6) is 1.02. The second-order valence-electron chi connectivity index (χ2n) is 3.53. The van der Waals surface area contributed by atoms with Crippen LogP contribution in [0.5, 0.6) is 0 Å². The van der Waals surface area contributed by atoms with Gasteiger partial charge in [-0.1, -0.05) is 19.8 Å². The number of hydrogen-bond donors (Lipinski definition) is 1. The Morgan fingerprint density at radius 2 is 2.30 bits per heavy atom. The van der Waals surface area contributed by atoms with E-state index in [-0.39, 0.29) is 0 Å². The molecule has 1 heteroatoms. The fourth-order valence-electron chi connectivity index (χ4n) is 1.91. The highest BCUT2D eigenvalue weighted by atomic mass is 14.9. The van der Waals surface area contributed by atoms with E-state index in [1.165, 1.54) is 32.2 Å². The van der Waals surface area contributed by atoms with Crippen molar-refractivity contribution in [3.05, 3.63) is 0 Å². The van der Waals surface area contributed by atoms with Gasteiger partial charge in [-0.3, -0.25) is 0 Å². The van der Waals surface area contributed by atoms with E-state index in [2.05, 4.69) is 19.2 Å². The average molecular weight is 141 g/mol. The molecule has 1 fully saturated rings. The molecule has 0 aliphatic carbocycles. The largest absolute Gasteiger partial charge is 0.314 e. The number of nitrogens with one attached hydrogen (secondary N) is 1. The monoisotopic (exact) mass is 141 g/mol. The standard InChI is InChI=1S/C9H19N/c1-3-4-9-5-6-10-8(2)7-9/h8-10H,3-7H2,1-2H3/t8-,9-/m1/s1. The lowest BCUT2D eigenvalue weighted by Gasteiger charge is -2.27. The first-order valence-electron chi connectivity index (χ1n) is 4.56. The molecule has 0 aromatic carbocycles. The Hall–Kier alpha value is -0.0400. The van der Waals surface area contributed by atoms with Crippen molar-refractivity contribution in [3.8, 4) is 0 Å². The van der Waals surface area contributed by atoms with Gasteiger partial charge in [-0.05, 0) is 32.2 Å². The Balaban J connectivity index is 2.18. The quantitative estimate of drug-likeness (QED) is 0.621. The maximum absolute atomic E-state index is 3.47. The van der Waals surface area contributed by atoms with Crippen LogP contribution in [-0.2, 0) is 0 Å². The first-order valence-corrected chi connectivity index (χ1v) is 4.56. The van der Waals surface area contributed by atoms with Crippen molar-refractivity contribution in [3.63, 3.8) is 0 Å². The molecule has 0 saturated carbocycles. The molecule has 1 nitrogen and oxygen atoms in total. The summed E-state index contributed by atoms with van der Waals surface area (Å²) in [5.41, 5.74) is 0. The molecule has 0 aromatic rings. The lowest BCUT2D eigenvalue weighted by Crippen LogP contribution is -2.35. The molecule has 2 atom stereocenters. The Kier molecular flexibility index (Phi) is 3.20. The molecule has 1 heterocycles. The van der Waals surface area contributed by atoms with Gasteiger partial charge in [0.2, 0.25) is 0 Å². The third-order valence-corrected chi connectivity index (χ3v) is 2.43. The van der Waals surface area contributed by atoms with E-state index >= 15 is 0 Å². The van der Waals surface area contributed by atoms with Crippen LogP contribution in [0.4, 0.5) is 0 Å². The average Bonchev–Trinajstić information content (AvgIpc) is 1.88. The van der Waals surface area contributed by atoms with Crippen LogP contribution in [0, 0.1) is 5.92 Å². The fourth-order valence-corrected chi connectivity index (χ4v) is 1.91. The molecule has 0 radical (unpaired) electrons. The first kappa shape index (κ1) is 8.06. The number of rotatable bonds is 2. The number of hydrogen-bond acceptors (Lipinski definition) is 1. The van der Waals surface area contributed by atoms with Gasteiger partial charge in [0.15, 0.2) is 0 Å². The summed E-state index contributed by atoms with van der Waals surface area (Å²) in [4.78, 5) is 0. The van der Waals surface area contributed by atoms with Gasteiger partial charge in [-0.25, -0.2) is 0 Å². The van der Waals surface area contributed by atoms with E-state index in [4.69, 9.17) is 0 Å². The molecule has 1 aliphatic heterocycles. The van der Waals surface area contributed by atoms with Gasteiger partial charge >= 0.3 is 0 Å². The topological polar surface area (TPSA) is 12.0 Å². The van der Waals surface area contributed by atoms with Gasteiger partial charge in [0.25, 0.3) is 0 Å². The molecule has 1 saturated heterocycles. The molecule has 10 heavy (non-hydrogen) atoms. The number of piperidine rings is 1. The van der Waals surface area contributed by atoms with E-state index in [9.17, 15) is 0 Å². The van der Waals surface area contributed by atoms with E-state index in [1.54, 1.807) is 0 Å². The molecule has 0 aromatic heterocycles. The molecule has 1 aliphatic rings. The smallest absolute Gasteiger partial charge is 0.00413 e. The van der Waals surface area contributed by atoms with E-state index in [0.29, 0.717) is 0 Å². The molecule has 0 spiro atoms. The van der Waals surface area contributed by atoms with Crippen LogP contribution in [0.2, 0.25) is 0 Å². The van der Waals surface area contributed by atoms with Crippen LogP contribution >= 0.6 is 0 Å². The Bertz CT molecular complexity index is 88.7. The molecule has 1 N–H and O–H groups in total. The van der Waals surface area contributed by atoms with Crippen LogP contribution in [0.15, 0.2) is 0 Å². The Morgan fingerprint density at radius 1 is 1.50 bits per heavy atom. The van der Waals surface area contributed by atoms with E-state index < -0.39 is 0 Å². The van der Waals surface area contributed by atoms with Gasteiger partial charge in [0, 0.05) is 6.04 Å². The second kappa shape index (κ2) is 3.97. The SMILES string of the molecule is CCC[C@@H]1CCN[C@H](C)C1. The maximum atomic E-state index is 3.47. The predicted octanol–water partition coefficient (Wildman–Crippen LogP) is 2.17. The summed E-state index contributed by atoms with van der Waals surface area (Å²) >= 11 is 0. The van der Waals surface area contributed by atoms with Crippen molar-refractivity contribution in [1.29, 1.82) is 0 Å². The zero-order chi connectivity index (χ0) is 7.40. The zero-order valence-corrected chi connectivity index (χ0v) is 7.19. The predicted molar refractivity (Wildman–Crippen MR) is 45.1 cm³/mol. The van der Waals surface area contributed by atoms with Gasteiger partial charge in [-0.15, -0.1) is 0 Å². The Labute approximate surface area is 64.2 Å². The molecule has 1 rings (SSSR count). The molecular weight excluding hydrogens is 122 g/mol. The van der Waals surface area contributed by atoms with E-state index in [0.717, 1.165) is 12.0 Å². The van der Waals surface area contributed by atoms with Crippen molar-refractivity contribution < 1.29 is 0 Å². The lowest BCUT2D eigenvalue weighted by atomic mass is 9.90.